The van der Waals surface area contributed by atoms with Gasteiger partial charge in [-0.25, -0.2) is 13.1 Å². The quantitative estimate of drug-likeness (QED) is 0.861. The third kappa shape index (κ3) is 3.65. The lowest BCUT2D eigenvalue weighted by atomic mass is 10.1. The SMILES string of the molecule is CCNc1cc(C)c(S(=O)(=O)NCc2ccco2)c(C)c1. The highest BCUT2D eigenvalue weighted by molar-refractivity contribution is 7.89. The molecule has 1 heterocycles. The van der Waals surface area contributed by atoms with Gasteiger partial charge in [0.05, 0.1) is 17.7 Å². The summed E-state index contributed by atoms with van der Waals surface area (Å²) in [4.78, 5) is 0.329. The Labute approximate surface area is 125 Å². The fourth-order valence-electron chi connectivity index (χ4n) is 2.33. The van der Waals surface area contributed by atoms with Gasteiger partial charge in [-0.05, 0) is 56.2 Å². The van der Waals surface area contributed by atoms with E-state index in [-0.39, 0.29) is 6.54 Å². The Morgan fingerprint density at radius 2 is 1.86 bits per heavy atom. The fourth-order valence-corrected chi connectivity index (χ4v) is 3.77. The molecule has 0 aliphatic carbocycles. The van der Waals surface area contributed by atoms with Crippen LogP contribution in [0, 0.1) is 13.8 Å². The summed E-state index contributed by atoms with van der Waals surface area (Å²) in [6, 6.07) is 7.15. The smallest absolute Gasteiger partial charge is 0.241 e. The molecule has 6 heteroatoms. The Bertz CT molecular complexity index is 684. The number of rotatable bonds is 6. The Balaban J connectivity index is 2.27. The highest BCUT2D eigenvalue weighted by atomic mass is 32.2. The number of hydrogen-bond donors (Lipinski definition) is 2. The first kappa shape index (κ1) is 15.6. The monoisotopic (exact) mass is 308 g/mol. The van der Waals surface area contributed by atoms with Crippen molar-refractivity contribution in [3.8, 4) is 0 Å². The van der Waals surface area contributed by atoms with Gasteiger partial charge in [0.15, 0.2) is 0 Å². The van der Waals surface area contributed by atoms with Crippen molar-refractivity contribution in [2.45, 2.75) is 32.2 Å². The highest BCUT2D eigenvalue weighted by Crippen LogP contribution is 2.24. The van der Waals surface area contributed by atoms with Crippen LogP contribution in [0.15, 0.2) is 39.8 Å². The summed E-state index contributed by atoms with van der Waals surface area (Å²) in [6.45, 7) is 6.54. The van der Waals surface area contributed by atoms with Crippen LogP contribution in [0.4, 0.5) is 5.69 Å². The van der Waals surface area contributed by atoms with Crippen molar-refractivity contribution >= 4 is 15.7 Å². The molecule has 0 unspecified atom stereocenters. The van der Waals surface area contributed by atoms with Crippen LogP contribution in [0.25, 0.3) is 0 Å². The molecule has 0 radical (unpaired) electrons. The minimum atomic E-state index is -3.57. The predicted molar refractivity (Wildman–Crippen MR) is 82.8 cm³/mol. The molecule has 21 heavy (non-hydrogen) atoms. The molecule has 114 valence electrons. The van der Waals surface area contributed by atoms with E-state index in [0.29, 0.717) is 10.7 Å². The molecule has 2 rings (SSSR count). The van der Waals surface area contributed by atoms with Crippen LogP contribution >= 0.6 is 0 Å². The third-order valence-electron chi connectivity index (χ3n) is 3.13. The summed E-state index contributed by atoms with van der Waals surface area (Å²) in [7, 11) is -3.57. The van der Waals surface area contributed by atoms with E-state index in [2.05, 4.69) is 10.0 Å². The van der Waals surface area contributed by atoms with Gasteiger partial charge in [0.25, 0.3) is 0 Å². The van der Waals surface area contributed by atoms with Gasteiger partial charge >= 0.3 is 0 Å². The maximum absolute atomic E-state index is 12.5. The van der Waals surface area contributed by atoms with Gasteiger partial charge < -0.3 is 9.73 Å². The van der Waals surface area contributed by atoms with E-state index >= 15 is 0 Å². The number of hydrogen-bond acceptors (Lipinski definition) is 4. The fraction of sp³-hybridized carbons (Fsp3) is 0.333. The van der Waals surface area contributed by atoms with E-state index in [9.17, 15) is 8.42 Å². The van der Waals surface area contributed by atoms with Crippen LogP contribution in [-0.4, -0.2) is 15.0 Å². The van der Waals surface area contributed by atoms with Crippen molar-refractivity contribution in [3.05, 3.63) is 47.4 Å². The molecule has 0 aliphatic rings. The van der Waals surface area contributed by atoms with Crippen LogP contribution in [0.5, 0.6) is 0 Å². The van der Waals surface area contributed by atoms with Gasteiger partial charge in [-0.2, -0.15) is 0 Å². The molecule has 0 saturated carbocycles. The molecule has 0 fully saturated rings. The molecule has 0 spiro atoms. The zero-order chi connectivity index (χ0) is 15.5. The van der Waals surface area contributed by atoms with Gasteiger partial charge in [-0.15, -0.1) is 0 Å². The first-order chi connectivity index (χ1) is 9.94. The van der Waals surface area contributed by atoms with E-state index < -0.39 is 10.0 Å². The molecular formula is C15H20N2O3S. The average Bonchev–Trinajstić information content (AvgIpc) is 2.88. The molecule has 1 aromatic carbocycles. The van der Waals surface area contributed by atoms with Crippen molar-refractivity contribution in [3.63, 3.8) is 0 Å². The maximum atomic E-state index is 12.5. The van der Waals surface area contributed by atoms with Crippen LogP contribution < -0.4 is 10.0 Å². The number of sulfonamides is 1. The summed E-state index contributed by atoms with van der Waals surface area (Å²) in [5, 5.41) is 3.19. The van der Waals surface area contributed by atoms with Crippen molar-refractivity contribution in [1.29, 1.82) is 0 Å². The molecule has 0 bridgehead atoms. The topological polar surface area (TPSA) is 71.3 Å². The van der Waals surface area contributed by atoms with Crippen LogP contribution in [-0.2, 0) is 16.6 Å². The summed E-state index contributed by atoms with van der Waals surface area (Å²) >= 11 is 0. The van der Waals surface area contributed by atoms with Gasteiger partial charge in [0, 0.05) is 12.2 Å². The average molecular weight is 308 g/mol. The molecule has 5 nitrogen and oxygen atoms in total. The molecule has 0 aliphatic heterocycles. The lowest BCUT2D eigenvalue weighted by molar-refractivity contribution is 0.498. The standard InChI is InChI=1S/C15H20N2O3S/c1-4-16-13-8-11(2)15(12(3)9-13)21(18,19)17-10-14-6-5-7-20-14/h5-9,16-17H,4,10H2,1-3H3. The summed E-state index contributed by atoms with van der Waals surface area (Å²) in [6.07, 6.45) is 1.52. The maximum Gasteiger partial charge on any atom is 0.241 e. The Kier molecular flexibility index (Phi) is 4.69. The number of furan rings is 1. The first-order valence-electron chi connectivity index (χ1n) is 6.81. The second-order valence-corrected chi connectivity index (χ2v) is 6.58. The second-order valence-electron chi connectivity index (χ2n) is 4.87. The molecule has 0 atom stereocenters. The summed E-state index contributed by atoms with van der Waals surface area (Å²) in [5.41, 5.74) is 2.37. The second kappa shape index (κ2) is 6.32. The van der Waals surface area contributed by atoms with Crippen molar-refractivity contribution in [2.24, 2.45) is 0 Å². The highest BCUT2D eigenvalue weighted by Gasteiger charge is 2.20. The normalized spacial score (nSPS) is 11.6. The molecule has 1 aromatic heterocycles. The molecule has 2 aromatic rings. The molecule has 0 amide bonds. The van der Waals surface area contributed by atoms with Crippen molar-refractivity contribution < 1.29 is 12.8 Å². The van der Waals surface area contributed by atoms with Crippen LogP contribution in [0.2, 0.25) is 0 Å². The Hall–Kier alpha value is -1.79. The van der Waals surface area contributed by atoms with E-state index in [4.69, 9.17) is 4.42 Å². The number of aryl methyl sites for hydroxylation is 2. The first-order valence-corrected chi connectivity index (χ1v) is 8.29. The number of anilines is 1. The van der Waals surface area contributed by atoms with E-state index in [1.807, 2.05) is 19.1 Å². The summed E-state index contributed by atoms with van der Waals surface area (Å²) in [5.74, 6) is 0.582. The third-order valence-corrected chi connectivity index (χ3v) is 4.83. The number of benzene rings is 1. The van der Waals surface area contributed by atoms with Gasteiger partial charge in [0.1, 0.15) is 5.76 Å². The lowest BCUT2D eigenvalue weighted by Crippen LogP contribution is -2.24. The van der Waals surface area contributed by atoms with Crippen molar-refractivity contribution in [2.75, 3.05) is 11.9 Å². The molecule has 0 saturated heterocycles. The Morgan fingerprint density at radius 1 is 1.19 bits per heavy atom. The zero-order valence-corrected chi connectivity index (χ0v) is 13.3. The van der Waals surface area contributed by atoms with Gasteiger partial charge in [-0.1, -0.05) is 0 Å². The Morgan fingerprint density at radius 3 is 2.38 bits per heavy atom. The largest absolute Gasteiger partial charge is 0.468 e. The van der Waals surface area contributed by atoms with Crippen molar-refractivity contribution in [1.82, 2.24) is 4.72 Å². The number of nitrogens with one attached hydrogen (secondary N) is 2. The minimum Gasteiger partial charge on any atom is -0.468 e. The molecular weight excluding hydrogens is 288 g/mol. The van der Waals surface area contributed by atoms with E-state index in [0.717, 1.165) is 23.4 Å². The summed E-state index contributed by atoms with van der Waals surface area (Å²) < 4.78 is 32.6. The van der Waals surface area contributed by atoms with Crippen LogP contribution in [0.1, 0.15) is 23.8 Å². The molecule has 2 N–H and O–H groups in total. The zero-order valence-electron chi connectivity index (χ0n) is 12.4. The predicted octanol–water partition coefficient (Wildman–Crippen LogP) is 2.81. The van der Waals surface area contributed by atoms with E-state index in [1.165, 1.54) is 6.26 Å². The van der Waals surface area contributed by atoms with Crippen LogP contribution in [0.3, 0.4) is 0 Å². The van der Waals surface area contributed by atoms with E-state index in [1.54, 1.807) is 26.0 Å². The van der Waals surface area contributed by atoms with Gasteiger partial charge in [-0.3, -0.25) is 0 Å². The van der Waals surface area contributed by atoms with Gasteiger partial charge in [0.2, 0.25) is 10.0 Å². The lowest BCUT2D eigenvalue weighted by Gasteiger charge is -2.14. The minimum absolute atomic E-state index is 0.142.